The Kier molecular flexibility index (Phi) is 5.12. The molecule has 0 unspecified atom stereocenters. The predicted molar refractivity (Wildman–Crippen MR) is 125 cm³/mol. The van der Waals surface area contributed by atoms with Gasteiger partial charge in [-0.05, 0) is 48.5 Å². The molecule has 0 spiro atoms. The molecular formula is C26H18N4O3. The van der Waals surface area contributed by atoms with E-state index in [0.717, 1.165) is 16.2 Å². The number of nitrogens with zero attached hydrogens (tertiary/aromatic N) is 3. The van der Waals surface area contributed by atoms with Gasteiger partial charge in [-0.1, -0.05) is 36.4 Å². The van der Waals surface area contributed by atoms with Gasteiger partial charge in [-0.15, -0.1) is 0 Å². The lowest BCUT2D eigenvalue weighted by molar-refractivity contribution is -0.111. The zero-order valence-corrected chi connectivity index (χ0v) is 17.4. The summed E-state index contributed by atoms with van der Waals surface area (Å²) in [4.78, 5) is 39.0. The molecule has 0 radical (unpaired) electrons. The summed E-state index contributed by atoms with van der Waals surface area (Å²) in [5, 5.41) is 7.06. The van der Waals surface area contributed by atoms with E-state index in [1.165, 1.54) is 6.08 Å². The van der Waals surface area contributed by atoms with Crippen LogP contribution in [0.2, 0.25) is 0 Å². The number of imide groups is 1. The predicted octanol–water partition coefficient (Wildman–Crippen LogP) is 4.32. The van der Waals surface area contributed by atoms with Gasteiger partial charge in [0.05, 0.1) is 28.7 Å². The second-order valence-corrected chi connectivity index (χ2v) is 7.42. The molecule has 0 aliphatic carbocycles. The summed E-state index contributed by atoms with van der Waals surface area (Å²) in [6, 6.07) is 23.0. The normalized spacial score (nSPS) is 12.9. The lowest BCUT2D eigenvalue weighted by atomic mass is 10.1. The minimum atomic E-state index is -0.380. The topological polar surface area (TPSA) is 84.3 Å². The highest BCUT2D eigenvalue weighted by molar-refractivity contribution is 6.34. The van der Waals surface area contributed by atoms with Crippen LogP contribution in [0.5, 0.6) is 0 Å². The summed E-state index contributed by atoms with van der Waals surface area (Å²) in [7, 11) is 0. The summed E-state index contributed by atoms with van der Waals surface area (Å²) in [5.74, 6) is -1.11. The fourth-order valence-corrected chi connectivity index (χ4v) is 3.65. The average Bonchev–Trinajstić information content (AvgIpc) is 3.42. The molecule has 0 saturated carbocycles. The van der Waals surface area contributed by atoms with Crippen LogP contribution < -0.4 is 10.2 Å². The number of nitrogens with one attached hydrogen (secondary N) is 1. The summed E-state index contributed by atoms with van der Waals surface area (Å²) in [5.41, 5.74) is 3.30. The van der Waals surface area contributed by atoms with Gasteiger partial charge in [-0.2, -0.15) is 5.10 Å². The Balaban J connectivity index is 1.29. The highest BCUT2D eigenvalue weighted by atomic mass is 16.2. The standard InChI is InChI=1S/C26H18N4O3/c31-24(14-13-18-16-27-29(17-18)20-8-2-1-3-9-20)28-19-7-6-10-21(15-19)30-25(32)22-11-4-5-12-23(22)26(30)33/h1-17H,(H,28,31)/b14-13+. The molecule has 0 bridgehead atoms. The number of benzene rings is 3. The van der Waals surface area contributed by atoms with Crippen molar-refractivity contribution in [2.24, 2.45) is 0 Å². The fraction of sp³-hybridized carbons (Fsp3) is 0. The highest BCUT2D eigenvalue weighted by Gasteiger charge is 2.36. The second-order valence-electron chi connectivity index (χ2n) is 7.42. The van der Waals surface area contributed by atoms with Crippen molar-refractivity contribution in [3.8, 4) is 5.69 Å². The van der Waals surface area contributed by atoms with E-state index in [1.807, 2.05) is 36.5 Å². The van der Waals surface area contributed by atoms with Crippen LogP contribution in [0.4, 0.5) is 11.4 Å². The first-order valence-electron chi connectivity index (χ1n) is 10.3. The van der Waals surface area contributed by atoms with Gasteiger partial charge < -0.3 is 5.32 Å². The molecule has 3 aromatic carbocycles. The van der Waals surface area contributed by atoms with Gasteiger partial charge in [-0.3, -0.25) is 14.4 Å². The first kappa shape index (κ1) is 20.1. The van der Waals surface area contributed by atoms with Gasteiger partial charge in [0.2, 0.25) is 5.91 Å². The van der Waals surface area contributed by atoms with Gasteiger partial charge in [0, 0.05) is 23.5 Å². The van der Waals surface area contributed by atoms with E-state index in [-0.39, 0.29) is 17.7 Å². The Hall–Kier alpha value is -4.78. The van der Waals surface area contributed by atoms with Crippen molar-refractivity contribution in [1.29, 1.82) is 0 Å². The van der Waals surface area contributed by atoms with Crippen LogP contribution >= 0.6 is 0 Å². The summed E-state index contributed by atoms with van der Waals surface area (Å²) in [6.45, 7) is 0. The van der Waals surface area contributed by atoms with Crippen molar-refractivity contribution in [3.05, 3.63) is 114 Å². The van der Waals surface area contributed by atoms with Crippen LogP contribution in [-0.2, 0) is 4.79 Å². The SMILES string of the molecule is O=C(/C=C/c1cnn(-c2ccccc2)c1)Nc1cccc(N2C(=O)c3ccccc3C2=O)c1. The molecule has 160 valence electrons. The van der Waals surface area contributed by atoms with E-state index < -0.39 is 0 Å². The molecule has 2 heterocycles. The van der Waals surface area contributed by atoms with Crippen LogP contribution in [0, 0.1) is 0 Å². The minimum Gasteiger partial charge on any atom is -0.322 e. The van der Waals surface area contributed by atoms with Gasteiger partial charge in [-0.25, -0.2) is 9.58 Å². The lowest BCUT2D eigenvalue weighted by Crippen LogP contribution is -2.29. The molecule has 7 nitrogen and oxygen atoms in total. The number of carbonyl (C=O) groups is 3. The number of carbonyl (C=O) groups excluding carboxylic acids is 3. The van der Waals surface area contributed by atoms with Crippen LogP contribution in [0.25, 0.3) is 11.8 Å². The zero-order valence-electron chi connectivity index (χ0n) is 17.4. The fourth-order valence-electron chi connectivity index (χ4n) is 3.65. The second kappa shape index (κ2) is 8.39. The number of anilines is 2. The maximum atomic E-state index is 12.7. The Morgan fingerprint density at radius 3 is 2.21 bits per heavy atom. The monoisotopic (exact) mass is 434 g/mol. The van der Waals surface area contributed by atoms with Crippen LogP contribution in [0.3, 0.4) is 0 Å². The Labute approximate surface area is 189 Å². The third-order valence-corrected chi connectivity index (χ3v) is 5.22. The molecule has 0 saturated heterocycles. The summed E-state index contributed by atoms with van der Waals surface area (Å²) < 4.78 is 1.73. The maximum Gasteiger partial charge on any atom is 0.266 e. The smallest absolute Gasteiger partial charge is 0.266 e. The summed E-state index contributed by atoms with van der Waals surface area (Å²) in [6.07, 6.45) is 6.55. The molecule has 0 fully saturated rings. The molecular weight excluding hydrogens is 416 g/mol. The van der Waals surface area contributed by atoms with E-state index in [0.29, 0.717) is 22.5 Å². The number of hydrogen-bond acceptors (Lipinski definition) is 4. The minimum absolute atomic E-state index is 0.345. The molecule has 1 N–H and O–H groups in total. The first-order valence-corrected chi connectivity index (χ1v) is 10.3. The molecule has 1 aromatic heterocycles. The number of fused-ring (bicyclic) bond motifs is 1. The summed E-state index contributed by atoms with van der Waals surface area (Å²) >= 11 is 0. The molecule has 0 atom stereocenters. The molecule has 33 heavy (non-hydrogen) atoms. The van der Waals surface area contributed by atoms with Crippen molar-refractivity contribution in [1.82, 2.24) is 9.78 Å². The van der Waals surface area contributed by atoms with E-state index >= 15 is 0 Å². The highest BCUT2D eigenvalue weighted by Crippen LogP contribution is 2.29. The largest absolute Gasteiger partial charge is 0.322 e. The van der Waals surface area contributed by atoms with E-state index in [1.54, 1.807) is 65.5 Å². The van der Waals surface area contributed by atoms with Crippen molar-refractivity contribution < 1.29 is 14.4 Å². The van der Waals surface area contributed by atoms with Crippen LogP contribution in [0.15, 0.2) is 97.3 Å². The van der Waals surface area contributed by atoms with Crippen molar-refractivity contribution in [2.75, 3.05) is 10.2 Å². The molecule has 1 aliphatic rings. The maximum absolute atomic E-state index is 12.7. The average molecular weight is 434 g/mol. The first-order chi connectivity index (χ1) is 16.1. The van der Waals surface area contributed by atoms with Crippen molar-refractivity contribution >= 4 is 35.2 Å². The number of hydrogen-bond donors (Lipinski definition) is 1. The molecule has 1 aliphatic heterocycles. The lowest BCUT2D eigenvalue weighted by Gasteiger charge is -2.15. The molecule has 5 rings (SSSR count). The van der Waals surface area contributed by atoms with E-state index in [4.69, 9.17) is 0 Å². The van der Waals surface area contributed by atoms with Crippen LogP contribution in [0.1, 0.15) is 26.3 Å². The van der Waals surface area contributed by atoms with Crippen LogP contribution in [-0.4, -0.2) is 27.5 Å². The number of aromatic nitrogens is 2. The third-order valence-electron chi connectivity index (χ3n) is 5.22. The number of para-hydroxylation sites is 1. The Morgan fingerprint density at radius 2 is 1.48 bits per heavy atom. The van der Waals surface area contributed by atoms with Crippen molar-refractivity contribution in [2.45, 2.75) is 0 Å². The molecule has 4 aromatic rings. The van der Waals surface area contributed by atoms with E-state index in [9.17, 15) is 14.4 Å². The number of amides is 3. The van der Waals surface area contributed by atoms with Gasteiger partial charge in [0.25, 0.3) is 11.8 Å². The van der Waals surface area contributed by atoms with Gasteiger partial charge >= 0.3 is 0 Å². The Morgan fingerprint density at radius 1 is 0.818 bits per heavy atom. The zero-order chi connectivity index (χ0) is 22.8. The molecule has 3 amide bonds. The quantitative estimate of drug-likeness (QED) is 0.374. The van der Waals surface area contributed by atoms with Gasteiger partial charge in [0.15, 0.2) is 0 Å². The van der Waals surface area contributed by atoms with E-state index in [2.05, 4.69) is 10.4 Å². The number of rotatable bonds is 5. The third kappa shape index (κ3) is 3.95. The van der Waals surface area contributed by atoms with Crippen molar-refractivity contribution in [3.63, 3.8) is 0 Å². The Bertz CT molecular complexity index is 1370. The molecule has 7 heteroatoms. The van der Waals surface area contributed by atoms with Gasteiger partial charge in [0.1, 0.15) is 0 Å².